The molecule has 1 saturated heterocycles. The van der Waals surface area contributed by atoms with Crippen molar-refractivity contribution >= 4 is 17.5 Å². The highest BCUT2D eigenvalue weighted by Crippen LogP contribution is 2.56. The number of hydrogen-bond acceptors (Lipinski definition) is 4. The predicted octanol–water partition coefficient (Wildman–Crippen LogP) is 3.97. The van der Waals surface area contributed by atoms with Gasteiger partial charge in [-0.3, -0.25) is 14.4 Å². The first-order valence-corrected chi connectivity index (χ1v) is 12.4. The molecule has 180 valence electrons. The van der Waals surface area contributed by atoms with Crippen LogP contribution >= 0.6 is 0 Å². The smallest absolute Gasteiger partial charge is 0.235 e. The number of aliphatic hydroxyl groups excluding tert-OH is 1. The summed E-state index contributed by atoms with van der Waals surface area (Å²) in [5, 5.41) is 14.4. The SMILES string of the molecule is C=C1[C@@H](C)[C@H]2[C@H](Cc3ccccc3)NC(=O)[C@]23C(=O)/C=C/C(=O)CCC[C@@H](C)C/C=C/[C@H]3[C@@H]1O. The zero-order chi connectivity index (χ0) is 24.5. The third-order valence-corrected chi connectivity index (χ3v) is 8.15. The molecule has 0 radical (unpaired) electrons. The van der Waals surface area contributed by atoms with Crippen LogP contribution in [0.2, 0.25) is 0 Å². The molecule has 34 heavy (non-hydrogen) atoms. The summed E-state index contributed by atoms with van der Waals surface area (Å²) in [4.78, 5) is 40.1. The van der Waals surface area contributed by atoms with E-state index in [4.69, 9.17) is 0 Å². The lowest BCUT2D eigenvalue weighted by Gasteiger charge is -2.48. The number of carbonyl (C=O) groups excluding carboxylic acids is 3. The zero-order valence-electron chi connectivity index (χ0n) is 20.1. The van der Waals surface area contributed by atoms with Crippen LogP contribution in [-0.2, 0) is 20.8 Å². The molecule has 2 fully saturated rings. The first-order chi connectivity index (χ1) is 16.3. The first-order valence-electron chi connectivity index (χ1n) is 12.4. The van der Waals surface area contributed by atoms with Crippen LogP contribution in [-0.4, -0.2) is 34.7 Å². The summed E-state index contributed by atoms with van der Waals surface area (Å²) in [6, 6.07) is 9.60. The molecule has 1 saturated carbocycles. The van der Waals surface area contributed by atoms with E-state index in [1.54, 1.807) is 0 Å². The molecule has 0 aromatic heterocycles. The Morgan fingerprint density at radius 1 is 1.12 bits per heavy atom. The van der Waals surface area contributed by atoms with Gasteiger partial charge >= 0.3 is 0 Å². The second-order valence-corrected chi connectivity index (χ2v) is 10.3. The Bertz CT molecular complexity index is 1030. The highest BCUT2D eigenvalue weighted by Gasteiger charge is 2.68. The van der Waals surface area contributed by atoms with Gasteiger partial charge in [-0.25, -0.2) is 0 Å². The summed E-state index contributed by atoms with van der Waals surface area (Å²) in [6.07, 6.45) is 8.85. The second-order valence-electron chi connectivity index (χ2n) is 10.3. The average molecular weight is 462 g/mol. The van der Waals surface area contributed by atoms with Crippen molar-refractivity contribution in [2.24, 2.45) is 29.1 Å². The molecule has 1 aromatic rings. The fourth-order valence-electron chi connectivity index (χ4n) is 6.28. The number of aliphatic hydroxyl groups is 1. The molecule has 1 heterocycles. The van der Waals surface area contributed by atoms with Gasteiger partial charge in [0.15, 0.2) is 11.6 Å². The molecule has 1 amide bonds. The summed E-state index contributed by atoms with van der Waals surface area (Å²) in [5.74, 6) is -1.89. The molecule has 1 aromatic carbocycles. The van der Waals surface area contributed by atoms with Gasteiger partial charge in [0.1, 0.15) is 5.41 Å². The standard InChI is InChI=1S/C29H35NO4/c1-18-9-7-13-22(31)15-16-25(32)29-23(14-8-10-18)27(33)20(3)19(2)26(29)24(30-28(29)34)17-21-11-5-4-6-12-21/h4-6,8,11-12,14-16,18-19,23-24,26-27,33H,3,7,9-10,13,17H2,1-2H3,(H,30,34)/b14-8+,16-15+/t18-,19-,23+,24+,26+,27-,29-/m1/s1. The van der Waals surface area contributed by atoms with Crippen LogP contribution in [0.1, 0.15) is 45.1 Å². The average Bonchev–Trinajstić information content (AvgIpc) is 3.11. The molecule has 2 N–H and O–H groups in total. The Morgan fingerprint density at radius 2 is 1.85 bits per heavy atom. The van der Waals surface area contributed by atoms with Crippen molar-refractivity contribution in [1.29, 1.82) is 0 Å². The van der Waals surface area contributed by atoms with Gasteiger partial charge in [0.05, 0.1) is 6.10 Å². The van der Waals surface area contributed by atoms with Crippen LogP contribution in [0.4, 0.5) is 0 Å². The summed E-state index contributed by atoms with van der Waals surface area (Å²) in [7, 11) is 0. The molecule has 1 aliphatic heterocycles. The molecule has 4 rings (SSSR count). The number of rotatable bonds is 2. The van der Waals surface area contributed by atoms with Crippen LogP contribution in [0.15, 0.2) is 66.8 Å². The minimum atomic E-state index is -1.48. The lowest BCUT2D eigenvalue weighted by Crippen LogP contribution is -2.58. The largest absolute Gasteiger partial charge is 0.388 e. The van der Waals surface area contributed by atoms with E-state index < -0.39 is 23.2 Å². The highest BCUT2D eigenvalue weighted by atomic mass is 16.3. The molecule has 2 aliphatic carbocycles. The fourth-order valence-corrected chi connectivity index (χ4v) is 6.28. The highest BCUT2D eigenvalue weighted by molar-refractivity contribution is 6.15. The van der Waals surface area contributed by atoms with Crippen LogP contribution in [0.5, 0.6) is 0 Å². The Balaban J connectivity index is 1.84. The maximum Gasteiger partial charge on any atom is 0.235 e. The molecule has 1 spiro atoms. The number of amides is 1. The van der Waals surface area contributed by atoms with Crippen LogP contribution in [0, 0.1) is 29.1 Å². The van der Waals surface area contributed by atoms with Gasteiger partial charge in [0.2, 0.25) is 5.91 Å². The number of allylic oxidation sites excluding steroid dienone is 3. The molecule has 5 heteroatoms. The molecule has 3 aliphatic rings. The zero-order valence-corrected chi connectivity index (χ0v) is 20.1. The lowest BCUT2D eigenvalue weighted by molar-refractivity contribution is -0.148. The van der Waals surface area contributed by atoms with Crippen LogP contribution in [0.3, 0.4) is 0 Å². The summed E-state index contributed by atoms with van der Waals surface area (Å²) < 4.78 is 0. The third kappa shape index (κ3) is 4.22. The molecule has 0 unspecified atom stereocenters. The van der Waals surface area contributed by atoms with Crippen molar-refractivity contribution in [1.82, 2.24) is 5.32 Å². The number of carbonyl (C=O) groups is 3. The Morgan fingerprint density at radius 3 is 2.59 bits per heavy atom. The van der Waals surface area contributed by atoms with Crippen molar-refractivity contribution in [3.63, 3.8) is 0 Å². The Labute approximate surface area is 202 Å². The topological polar surface area (TPSA) is 83.5 Å². The normalized spacial score (nSPS) is 38.6. The third-order valence-electron chi connectivity index (χ3n) is 8.15. The predicted molar refractivity (Wildman–Crippen MR) is 132 cm³/mol. The van der Waals surface area contributed by atoms with E-state index in [-0.39, 0.29) is 29.6 Å². The van der Waals surface area contributed by atoms with Gasteiger partial charge < -0.3 is 10.4 Å². The van der Waals surface area contributed by atoms with E-state index in [2.05, 4.69) is 18.8 Å². The molecular weight excluding hydrogens is 426 g/mol. The van der Waals surface area contributed by atoms with Crippen molar-refractivity contribution in [2.75, 3.05) is 0 Å². The fraction of sp³-hybridized carbons (Fsp3) is 0.483. The van der Waals surface area contributed by atoms with Crippen molar-refractivity contribution in [3.8, 4) is 0 Å². The minimum Gasteiger partial charge on any atom is -0.388 e. The van der Waals surface area contributed by atoms with Gasteiger partial charge in [-0.2, -0.15) is 0 Å². The monoisotopic (exact) mass is 461 g/mol. The Kier molecular flexibility index (Phi) is 7.04. The summed E-state index contributed by atoms with van der Waals surface area (Å²) >= 11 is 0. The van der Waals surface area contributed by atoms with E-state index in [0.29, 0.717) is 24.3 Å². The van der Waals surface area contributed by atoms with Gasteiger partial charge in [-0.05, 0) is 60.8 Å². The van der Waals surface area contributed by atoms with Gasteiger partial charge in [0.25, 0.3) is 0 Å². The molecule has 0 bridgehead atoms. The lowest BCUT2D eigenvalue weighted by atomic mass is 9.52. The first kappa shape index (κ1) is 24.3. The second kappa shape index (κ2) is 9.83. The van der Waals surface area contributed by atoms with E-state index in [1.807, 2.05) is 49.4 Å². The van der Waals surface area contributed by atoms with E-state index in [1.165, 1.54) is 12.2 Å². The maximum absolute atomic E-state index is 13.9. The van der Waals surface area contributed by atoms with Crippen molar-refractivity contribution in [3.05, 3.63) is 72.4 Å². The van der Waals surface area contributed by atoms with Gasteiger partial charge in [-0.15, -0.1) is 0 Å². The van der Waals surface area contributed by atoms with E-state index >= 15 is 0 Å². The van der Waals surface area contributed by atoms with Crippen molar-refractivity contribution < 1.29 is 19.5 Å². The van der Waals surface area contributed by atoms with Gasteiger partial charge in [0, 0.05) is 24.3 Å². The van der Waals surface area contributed by atoms with E-state index in [9.17, 15) is 19.5 Å². The number of nitrogens with one attached hydrogen (secondary N) is 1. The molecular formula is C29H35NO4. The summed E-state index contributed by atoms with van der Waals surface area (Å²) in [5.41, 5.74) is 0.233. The number of ketones is 2. The van der Waals surface area contributed by atoms with Gasteiger partial charge in [-0.1, -0.05) is 62.9 Å². The molecule has 5 nitrogen and oxygen atoms in total. The maximum atomic E-state index is 13.9. The van der Waals surface area contributed by atoms with Crippen LogP contribution < -0.4 is 5.32 Å². The summed E-state index contributed by atoms with van der Waals surface area (Å²) in [6.45, 7) is 8.26. The number of benzene rings is 1. The minimum absolute atomic E-state index is 0.106. The molecule has 7 atom stereocenters. The Hall–Kier alpha value is -2.79. The number of hydrogen-bond donors (Lipinski definition) is 2. The van der Waals surface area contributed by atoms with Crippen LogP contribution in [0.25, 0.3) is 0 Å². The van der Waals surface area contributed by atoms with Crippen molar-refractivity contribution in [2.45, 2.75) is 58.1 Å². The van der Waals surface area contributed by atoms with E-state index in [0.717, 1.165) is 24.8 Å². The quantitative estimate of drug-likeness (QED) is 0.516.